The highest BCUT2D eigenvalue weighted by Crippen LogP contribution is 2.10. The fourth-order valence-corrected chi connectivity index (χ4v) is 3.30. The van der Waals surface area contributed by atoms with Gasteiger partial charge in [-0.05, 0) is 51.0 Å². The number of nitrogens with one attached hydrogen (secondary N) is 2. The lowest BCUT2D eigenvalue weighted by Gasteiger charge is -2.14. The van der Waals surface area contributed by atoms with Gasteiger partial charge in [-0.2, -0.15) is 0 Å². The van der Waals surface area contributed by atoms with Crippen molar-refractivity contribution < 1.29 is 8.42 Å². The van der Waals surface area contributed by atoms with Crippen LogP contribution in [-0.2, 0) is 10.0 Å². The molecule has 0 aromatic carbocycles. The predicted molar refractivity (Wildman–Crippen MR) is 79.3 cm³/mol. The largest absolute Gasteiger partial charge is 0.373 e. The van der Waals surface area contributed by atoms with E-state index in [1.165, 1.54) is 19.0 Å². The Hall–Kier alpha value is -1.18. The summed E-state index contributed by atoms with van der Waals surface area (Å²) in [5.74, 6) is 0.651. The van der Waals surface area contributed by atoms with E-state index < -0.39 is 10.0 Å². The van der Waals surface area contributed by atoms with Gasteiger partial charge in [0.1, 0.15) is 10.7 Å². The maximum absolute atomic E-state index is 12.0. The molecule has 1 aliphatic heterocycles. The average molecular weight is 298 g/mol. The zero-order valence-electron chi connectivity index (χ0n) is 11.8. The number of likely N-dealkylation sites (tertiary alicyclic amines) is 1. The van der Waals surface area contributed by atoms with Gasteiger partial charge in [-0.3, -0.25) is 0 Å². The van der Waals surface area contributed by atoms with Gasteiger partial charge in [0.05, 0.1) is 0 Å². The Morgan fingerprint density at radius 3 is 2.65 bits per heavy atom. The van der Waals surface area contributed by atoms with Crippen molar-refractivity contribution in [2.45, 2.75) is 24.2 Å². The van der Waals surface area contributed by atoms with Gasteiger partial charge in [-0.25, -0.2) is 18.1 Å². The van der Waals surface area contributed by atoms with Crippen LogP contribution >= 0.6 is 0 Å². The van der Waals surface area contributed by atoms with E-state index in [2.05, 4.69) is 19.9 Å². The zero-order chi connectivity index (χ0) is 14.4. The quantitative estimate of drug-likeness (QED) is 0.731. The molecular formula is C13H22N4O2S. The third-order valence-corrected chi connectivity index (χ3v) is 4.89. The molecule has 0 spiro atoms. The molecule has 0 amide bonds. The fraction of sp³-hybridized carbons (Fsp3) is 0.615. The van der Waals surface area contributed by atoms with Crippen LogP contribution in [0.5, 0.6) is 0 Å². The third-order valence-electron chi connectivity index (χ3n) is 3.44. The third kappa shape index (κ3) is 4.16. The highest BCUT2D eigenvalue weighted by Gasteiger charge is 2.15. The molecule has 1 aromatic rings. The van der Waals surface area contributed by atoms with Crippen LogP contribution in [0.15, 0.2) is 23.2 Å². The van der Waals surface area contributed by atoms with Crippen LogP contribution in [0.3, 0.4) is 0 Å². The zero-order valence-corrected chi connectivity index (χ0v) is 12.6. The van der Waals surface area contributed by atoms with Crippen molar-refractivity contribution in [1.29, 1.82) is 0 Å². The van der Waals surface area contributed by atoms with Crippen LogP contribution in [0, 0.1) is 0 Å². The SMILES string of the molecule is CNc1ccc(S(=O)(=O)NCCCN2CCCC2)cn1. The minimum atomic E-state index is -3.44. The number of nitrogens with zero attached hydrogens (tertiary/aromatic N) is 2. The van der Waals surface area contributed by atoms with Gasteiger partial charge in [0.15, 0.2) is 0 Å². The highest BCUT2D eigenvalue weighted by molar-refractivity contribution is 7.89. The molecule has 20 heavy (non-hydrogen) atoms. The highest BCUT2D eigenvalue weighted by atomic mass is 32.2. The molecule has 1 aliphatic rings. The molecule has 0 bridgehead atoms. The van der Waals surface area contributed by atoms with Gasteiger partial charge in [-0.15, -0.1) is 0 Å². The van der Waals surface area contributed by atoms with Crippen molar-refractivity contribution >= 4 is 15.8 Å². The summed E-state index contributed by atoms with van der Waals surface area (Å²) >= 11 is 0. The summed E-state index contributed by atoms with van der Waals surface area (Å²) in [7, 11) is -1.70. The molecule has 1 fully saturated rings. The molecule has 1 aromatic heterocycles. The second-order valence-corrected chi connectivity index (χ2v) is 6.70. The monoisotopic (exact) mass is 298 g/mol. The number of aromatic nitrogens is 1. The van der Waals surface area contributed by atoms with Crippen molar-refractivity contribution in [2.75, 3.05) is 38.5 Å². The lowest BCUT2D eigenvalue weighted by Crippen LogP contribution is -2.28. The van der Waals surface area contributed by atoms with Gasteiger partial charge in [0, 0.05) is 19.8 Å². The van der Waals surface area contributed by atoms with Crippen LogP contribution in [-0.4, -0.2) is 51.5 Å². The molecule has 6 nitrogen and oxygen atoms in total. The normalized spacial score (nSPS) is 16.4. The number of hydrogen-bond donors (Lipinski definition) is 2. The number of rotatable bonds is 7. The minimum absolute atomic E-state index is 0.206. The van der Waals surface area contributed by atoms with Crippen molar-refractivity contribution in [2.24, 2.45) is 0 Å². The second kappa shape index (κ2) is 7.01. The molecule has 0 unspecified atom stereocenters. The summed E-state index contributed by atoms with van der Waals surface area (Å²) in [5, 5.41) is 2.86. The Morgan fingerprint density at radius 2 is 2.05 bits per heavy atom. The Kier molecular flexibility index (Phi) is 5.33. The molecule has 1 saturated heterocycles. The second-order valence-electron chi connectivity index (χ2n) is 4.93. The minimum Gasteiger partial charge on any atom is -0.373 e. The average Bonchev–Trinajstić information content (AvgIpc) is 2.97. The molecule has 2 heterocycles. The Balaban J connectivity index is 1.80. The van der Waals surface area contributed by atoms with Gasteiger partial charge in [0.2, 0.25) is 10.0 Å². The van der Waals surface area contributed by atoms with E-state index in [9.17, 15) is 8.42 Å². The smallest absolute Gasteiger partial charge is 0.242 e. The first kappa shape index (κ1) is 15.2. The first-order chi connectivity index (χ1) is 9.62. The van der Waals surface area contributed by atoms with Crippen LogP contribution in [0.25, 0.3) is 0 Å². The maximum atomic E-state index is 12.0. The summed E-state index contributed by atoms with van der Waals surface area (Å²) in [6.45, 7) is 3.70. The number of sulfonamides is 1. The van der Waals surface area contributed by atoms with E-state index in [1.54, 1.807) is 19.2 Å². The lowest BCUT2D eigenvalue weighted by molar-refractivity contribution is 0.334. The van der Waals surface area contributed by atoms with Gasteiger partial charge in [0.25, 0.3) is 0 Å². The van der Waals surface area contributed by atoms with E-state index in [0.717, 1.165) is 26.1 Å². The number of pyridine rings is 1. The predicted octanol–water partition coefficient (Wildman–Crippen LogP) is 0.887. The van der Waals surface area contributed by atoms with Gasteiger partial charge >= 0.3 is 0 Å². The van der Waals surface area contributed by atoms with Crippen LogP contribution in [0.2, 0.25) is 0 Å². The van der Waals surface area contributed by atoms with E-state index in [-0.39, 0.29) is 4.90 Å². The van der Waals surface area contributed by atoms with E-state index >= 15 is 0 Å². The Bertz CT molecular complexity index is 510. The Labute approximate surface area is 120 Å². The molecule has 112 valence electrons. The fourth-order valence-electron chi connectivity index (χ4n) is 2.29. The topological polar surface area (TPSA) is 74.3 Å². The van der Waals surface area contributed by atoms with Crippen LogP contribution < -0.4 is 10.0 Å². The van der Waals surface area contributed by atoms with Crippen molar-refractivity contribution in [3.8, 4) is 0 Å². The summed E-state index contributed by atoms with van der Waals surface area (Å²) in [6.07, 6.45) is 4.72. The molecule has 0 radical (unpaired) electrons. The summed E-state index contributed by atoms with van der Waals surface area (Å²) in [4.78, 5) is 6.59. The van der Waals surface area contributed by atoms with E-state index in [4.69, 9.17) is 0 Å². The molecule has 2 N–H and O–H groups in total. The number of anilines is 1. The Morgan fingerprint density at radius 1 is 1.30 bits per heavy atom. The molecule has 0 saturated carbocycles. The van der Waals surface area contributed by atoms with Crippen molar-refractivity contribution in [3.63, 3.8) is 0 Å². The molecule has 7 heteroatoms. The molecular weight excluding hydrogens is 276 g/mol. The van der Waals surface area contributed by atoms with Crippen LogP contribution in [0.1, 0.15) is 19.3 Å². The summed E-state index contributed by atoms with van der Waals surface area (Å²) in [5.41, 5.74) is 0. The molecule has 0 atom stereocenters. The van der Waals surface area contributed by atoms with Crippen molar-refractivity contribution in [1.82, 2.24) is 14.6 Å². The number of hydrogen-bond acceptors (Lipinski definition) is 5. The van der Waals surface area contributed by atoms with E-state index in [1.807, 2.05) is 0 Å². The first-order valence-corrected chi connectivity index (χ1v) is 8.46. The summed E-state index contributed by atoms with van der Waals surface area (Å²) < 4.78 is 26.7. The standard InChI is InChI=1S/C13H22N4O2S/c1-14-13-6-5-12(11-15-13)20(18,19)16-7-4-10-17-8-2-3-9-17/h5-6,11,16H,2-4,7-10H2,1H3,(H,14,15). The summed E-state index contributed by atoms with van der Waals surface area (Å²) in [6, 6.07) is 3.21. The molecule has 0 aliphatic carbocycles. The van der Waals surface area contributed by atoms with Crippen molar-refractivity contribution in [3.05, 3.63) is 18.3 Å². The molecule has 2 rings (SSSR count). The lowest BCUT2D eigenvalue weighted by atomic mass is 10.4. The van der Waals surface area contributed by atoms with E-state index in [0.29, 0.717) is 12.4 Å². The van der Waals surface area contributed by atoms with Crippen LogP contribution in [0.4, 0.5) is 5.82 Å². The first-order valence-electron chi connectivity index (χ1n) is 6.97. The maximum Gasteiger partial charge on any atom is 0.242 e. The van der Waals surface area contributed by atoms with Gasteiger partial charge in [-0.1, -0.05) is 0 Å². The van der Waals surface area contributed by atoms with Gasteiger partial charge < -0.3 is 10.2 Å².